The number of H-pyrrole nitrogens is 1. The molecular weight excluding hydrogens is 192 g/mol. The fourth-order valence-electron chi connectivity index (χ4n) is 1.26. The molecule has 1 heterocycles. The molecule has 0 bridgehead atoms. The molecule has 0 spiro atoms. The van der Waals surface area contributed by atoms with Crippen LogP contribution in [0.5, 0.6) is 0 Å². The summed E-state index contributed by atoms with van der Waals surface area (Å²) in [4.78, 5) is 0. The molecule has 2 rings (SSSR count). The average molecular weight is 204 g/mol. The van der Waals surface area contributed by atoms with Crippen LogP contribution < -0.4 is 11.1 Å². The fourth-order valence-corrected chi connectivity index (χ4v) is 1.26. The first kappa shape index (κ1) is 9.45. The second kappa shape index (κ2) is 3.95. The number of nitrogens with two attached hydrogens (primary N) is 1. The van der Waals surface area contributed by atoms with Gasteiger partial charge in [-0.05, 0) is 24.6 Å². The van der Waals surface area contributed by atoms with Crippen LogP contribution in [0.4, 0.5) is 11.4 Å². The predicted octanol–water partition coefficient (Wildman–Crippen LogP) is 0.702. The summed E-state index contributed by atoms with van der Waals surface area (Å²) in [6, 6.07) is 5.72. The van der Waals surface area contributed by atoms with Crippen molar-refractivity contribution < 1.29 is 0 Å². The van der Waals surface area contributed by atoms with E-state index in [1.165, 1.54) is 0 Å². The molecule has 0 radical (unpaired) electrons. The van der Waals surface area contributed by atoms with Crippen molar-refractivity contribution in [2.45, 2.75) is 13.5 Å². The molecule has 0 fully saturated rings. The minimum absolute atomic E-state index is 0.529. The number of benzene rings is 1. The SMILES string of the molecule is Cc1ccc(N)cc1NCc1nn[nH]n1. The summed E-state index contributed by atoms with van der Waals surface area (Å²) >= 11 is 0. The van der Waals surface area contributed by atoms with Crippen molar-refractivity contribution in [3.8, 4) is 0 Å². The lowest BCUT2D eigenvalue weighted by molar-refractivity contribution is 0.881. The molecule has 0 amide bonds. The molecule has 0 atom stereocenters. The lowest BCUT2D eigenvalue weighted by Gasteiger charge is -2.07. The average Bonchev–Trinajstić information content (AvgIpc) is 2.72. The van der Waals surface area contributed by atoms with Gasteiger partial charge in [-0.3, -0.25) is 0 Å². The van der Waals surface area contributed by atoms with Gasteiger partial charge in [0.05, 0.1) is 6.54 Å². The van der Waals surface area contributed by atoms with E-state index in [4.69, 9.17) is 5.73 Å². The Hall–Kier alpha value is -2.11. The van der Waals surface area contributed by atoms with E-state index in [0.29, 0.717) is 12.4 Å². The highest BCUT2D eigenvalue weighted by molar-refractivity contribution is 5.59. The summed E-state index contributed by atoms with van der Waals surface area (Å²) in [6.07, 6.45) is 0. The van der Waals surface area contributed by atoms with Crippen molar-refractivity contribution in [3.63, 3.8) is 0 Å². The van der Waals surface area contributed by atoms with Gasteiger partial charge in [-0.2, -0.15) is 5.21 Å². The minimum atomic E-state index is 0.529. The third-order valence-corrected chi connectivity index (χ3v) is 2.09. The zero-order valence-corrected chi connectivity index (χ0v) is 8.36. The number of nitrogens with one attached hydrogen (secondary N) is 2. The zero-order chi connectivity index (χ0) is 10.7. The highest BCUT2D eigenvalue weighted by Gasteiger charge is 2.01. The number of rotatable bonds is 3. The van der Waals surface area contributed by atoms with Gasteiger partial charge >= 0.3 is 0 Å². The Labute approximate surface area is 86.9 Å². The summed E-state index contributed by atoms with van der Waals surface area (Å²) < 4.78 is 0. The fraction of sp³-hybridized carbons (Fsp3) is 0.222. The number of aryl methyl sites for hydroxylation is 1. The minimum Gasteiger partial charge on any atom is -0.399 e. The molecule has 6 heteroatoms. The molecule has 0 saturated heterocycles. The Kier molecular flexibility index (Phi) is 2.49. The van der Waals surface area contributed by atoms with Crippen molar-refractivity contribution in [3.05, 3.63) is 29.6 Å². The van der Waals surface area contributed by atoms with Gasteiger partial charge in [0, 0.05) is 11.4 Å². The Morgan fingerprint density at radius 1 is 1.47 bits per heavy atom. The van der Waals surface area contributed by atoms with Crippen LogP contribution in [0.15, 0.2) is 18.2 Å². The molecule has 1 aromatic carbocycles. The number of anilines is 2. The van der Waals surface area contributed by atoms with Crippen LogP contribution in [0.3, 0.4) is 0 Å². The van der Waals surface area contributed by atoms with Gasteiger partial charge in [0.1, 0.15) is 0 Å². The molecule has 0 aliphatic rings. The van der Waals surface area contributed by atoms with E-state index in [9.17, 15) is 0 Å². The third kappa shape index (κ3) is 2.22. The first-order chi connectivity index (χ1) is 7.25. The van der Waals surface area contributed by atoms with Gasteiger partial charge in [0.2, 0.25) is 0 Å². The molecule has 0 saturated carbocycles. The number of nitrogen functional groups attached to an aromatic ring is 1. The van der Waals surface area contributed by atoms with Gasteiger partial charge in [-0.15, -0.1) is 10.2 Å². The number of hydrogen-bond donors (Lipinski definition) is 3. The van der Waals surface area contributed by atoms with Crippen LogP contribution in [0.1, 0.15) is 11.4 Å². The molecule has 6 nitrogen and oxygen atoms in total. The second-order valence-corrected chi connectivity index (χ2v) is 3.26. The maximum atomic E-state index is 5.69. The second-order valence-electron chi connectivity index (χ2n) is 3.26. The quantitative estimate of drug-likeness (QED) is 0.640. The van der Waals surface area contributed by atoms with Crippen molar-refractivity contribution >= 4 is 11.4 Å². The van der Waals surface area contributed by atoms with Crippen LogP contribution in [0.2, 0.25) is 0 Å². The van der Waals surface area contributed by atoms with Gasteiger partial charge < -0.3 is 11.1 Å². The monoisotopic (exact) mass is 204 g/mol. The standard InChI is InChI=1S/C9H12N6/c1-6-2-3-7(10)4-8(6)11-5-9-12-14-15-13-9/h2-4,11H,5,10H2,1H3,(H,12,13,14,15). The Morgan fingerprint density at radius 3 is 3.07 bits per heavy atom. The van der Waals surface area contributed by atoms with E-state index in [0.717, 1.165) is 16.9 Å². The summed E-state index contributed by atoms with van der Waals surface area (Å²) in [5, 5.41) is 16.7. The topological polar surface area (TPSA) is 92.5 Å². The number of tetrazole rings is 1. The Bertz CT molecular complexity index is 436. The van der Waals surface area contributed by atoms with Crippen LogP contribution >= 0.6 is 0 Å². The highest BCUT2D eigenvalue weighted by atomic mass is 15.5. The lowest BCUT2D eigenvalue weighted by Crippen LogP contribution is -2.03. The number of nitrogens with zero attached hydrogens (tertiary/aromatic N) is 3. The molecule has 1 aromatic heterocycles. The first-order valence-electron chi connectivity index (χ1n) is 4.58. The lowest BCUT2D eigenvalue weighted by atomic mass is 10.2. The Morgan fingerprint density at radius 2 is 2.33 bits per heavy atom. The van der Waals surface area contributed by atoms with E-state index >= 15 is 0 Å². The highest BCUT2D eigenvalue weighted by Crippen LogP contribution is 2.18. The molecule has 4 N–H and O–H groups in total. The summed E-state index contributed by atoms with van der Waals surface area (Å²) in [7, 11) is 0. The van der Waals surface area contributed by atoms with E-state index < -0.39 is 0 Å². The van der Waals surface area contributed by atoms with Crippen molar-refractivity contribution in [2.24, 2.45) is 0 Å². The van der Waals surface area contributed by atoms with Crippen LogP contribution in [-0.4, -0.2) is 20.6 Å². The van der Waals surface area contributed by atoms with E-state index in [2.05, 4.69) is 25.9 Å². The van der Waals surface area contributed by atoms with E-state index in [1.807, 2.05) is 25.1 Å². The molecule has 0 aliphatic carbocycles. The molecule has 2 aromatic rings. The first-order valence-corrected chi connectivity index (χ1v) is 4.58. The van der Waals surface area contributed by atoms with Crippen molar-refractivity contribution in [1.82, 2.24) is 20.6 Å². The summed E-state index contributed by atoms with van der Waals surface area (Å²) in [5.41, 5.74) is 8.54. The molecule has 78 valence electrons. The zero-order valence-electron chi connectivity index (χ0n) is 8.36. The van der Waals surface area contributed by atoms with Gasteiger partial charge in [-0.25, -0.2) is 0 Å². The molecule has 0 unspecified atom stereocenters. The number of hydrogen-bond acceptors (Lipinski definition) is 5. The number of aromatic nitrogens is 4. The smallest absolute Gasteiger partial charge is 0.193 e. The van der Waals surface area contributed by atoms with E-state index in [1.54, 1.807) is 0 Å². The Balaban J connectivity index is 2.07. The predicted molar refractivity (Wildman–Crippen MR) is 57.1 cm³/mol. The van der Waals surface area contributed by atoms with Crippen molar-refractivity contribution in [1.29, 1.82) is 0 Å². The van der Waals surface area contributed by atoms with Crippen LogP contribution in [-0.2, 0) is 6.54 Å². The molecular formula is C9H12N6. The molecule has 15 heavy (non-hydrogen) atoms. The largest absolute Gasteiger partial charge is 0.399 e. The van der Waals surface area contributed by atoms with Gasteiger partial charge in [0.25, 0.3) is 0 Å². The summed E-state index contributed by atoms with van der Waals surface area (Å²) in [5.74, 6) is 0.622. The van der Waals surface area contributed by atoms with Crippen LogP contribution in [0.25, 0.3) is 0 Å². The number of aromatic amines is 1. The van der Waals surface area contributed by atoms with Crippen molar-refractivity contribution in [2.75, 3.05) is 11.1 Å². The van der Waals surface area contributed by atoms with E-state index in [-0.39, 0.29) is 0 Å². The van der Waals surface area contributed by atoms with Gasteiger partial charge in [0.15, 0.2) is 5.82 Å². The summed E-state index contributed by atoms with van der Waals surface area (Å²) in [6.45, 7) is 2.54. The third-order valence-electron chi connectivity index (χ3n) is 2.09. The van der Waals surface area contributed by atoms with Crippen LogP contribution in [0, 0.1) is 6.92 Å². The maximum Gasteiger partial charge on any atom is 0.193 e. The molecule has 0 aliphatic heterocycles. The normalized spacial score (nSPS) is 10.2. The van der Waals surface area contributed by atoms with Gasteiger partial charge in [-0.1, -0.05) is 11.3 Å². The maximum absolute atomic E-state index is 5.69.